The molecule has 0 unspecified atom stereocenters. The highest BCUT2D eigenvalue weighted by Crippen LogP contribution is 2.23. The number of ether oxygens (including phenoxy) is 1. The summed E-state index contributed by atoms with van der Waals surface area (Å²) in [7, 11) is 0. The van der Waals surface area contributed by atoms with Crippen molar-refractivity contribution in [3.05, 3.63) is 65.7 Å². The summed E-state index contributed by atoms with van der Waals surface area (Å²) >= 11 is 0. The lowest BCUT2D eigenvalue weighted by Crippen LogP contribution is -2.41. The summed E-state index contributed by atoms with van der Waals surface area (Å²) < 4.78 is 5.13. The van der Waals surface area contributed by atoms with Crippen molar-refractivity contribution >= 4 is 17.7 Å². The Morgan fingerprint density at radius 2 is 1.60 bits per heavy atom. The first-order chi connectivity index (χ1) is 12.0. The van der Waals surface area contributed by atoms with Crippen LogP contribution in [0.2, 0.25) is 0 Å². The molecule has 0 aliphatic rings. The molecule has 2 amide bonds. The van der Waals surface area contributed by atoms with Crippen molar-refractivity contribution in [2.24, 2.45) is 0 Å². The van der Waals surface area contributed by atoms with Crippen LogP contribution >= 0.6 is 0 Å². The summed E-state index contributed by atoms with van der Waals surface area (Å²) in [5.41, 5.74) is 2.70. The van der Waals surface area contributed by atoms with Gasteiger partial charge in [0.25, 0.3) is 0 Å². The minimum Gasteiger partial charge on any atom is -0.445 e. The number of amides is 2. The summed E-state index contributed by atoms with van der Waals surface area (Å²) in [6.45, 7) is 5.91. The number of benzene rings is 2. The maximum Gasteiger partial charge on any atom is 0.408 e. The van der Waals surface area contributed by atoms with Gasteiger partial charge in [-0.15, -0.1) is 0 Å². The maximum absolute atomic E-state index is 12.3. The van der Waals surface area contributed by atoms with Gasteiger partial charge in [0.05, 0.1) is 0 Å². The fourth-order valence-corrected chi connectivity index (χ4v) is 2.36. The summed E-state index contributed by atoms with van der Waals surface area (Å²) in [6.07, 6.45) is -0.622. The smallest absolute Gasteiger partial charge is 0.408 e. The van der Waals surface area contributed by atoms with E-state index in [1.54, 1.807) is 6.92 Å². The number of nitrogens with one attached hydrogen (secondary N) is 2. The zero-order valence-electron chi connectivity index (χ0n) is 14.8. The van der Waals surface area contributed by atoms with E-state index in [-0.39, 0.29) is 18.4 Å². The van der Waals surface area contributed by atoms with Gasteiger partial charge in [-0.1, -0.05) is 62.4 Å². The van der Waals surface area contributed by atoms with Crippen molar-refractivity contribution in [1.82, 2.24) is 5.32 Å². The third kappa shape index (κ3) is 5.64. The largest absolute Gasteiger partial charge is 0.445 e. The molecule has 2 rings (SSSR count). The summed E-state index contributed by atoms with van der Waals surface area (Å²) in [5.74, 6) is 0.000337. The molecule has 0 aromatic heterocycles. The molecule has 2 aromatic carbocycles. The molecular weight excluding hydrogens is 316 g/mol. The van der Waals surface area contributed by atoms with Crippen molar-refractivity contribution < 1.29 is 14.3 Å². The number of anilines is 1. The molecule has 1 atom stereocenters. The molecule has 0 heterocycles. The molecule has 0 fully saturated rings. The molecule has 0 bridgehead atoms. The Hall–Kier alpha value is -2.82. The highest BCUT2D eigenvalue weighted by molar-refractivity contribution is 5.96. The lowest BCUT2D eigenvalue weighted by atomic mass is 10.0. The van der Waals surface area contributed by atoms with Crippen LogP contribution in [0.25, 0.3) is 0 Å². The molecule has 5 nitrogen and oxygen atoms in total. The van der Waals surface area contributed by atoms with Crippen LogP contribution in [-0.4, -0.2) is 18.0 Å². The molecule has 132 valence electrons. The Morgan fingerprint density at radius 3 is 2.28 bits per heavy atom. The Balaban J connectivity index is 1.87. The topological polar surface area (TPSA) is 67.4 Å². The molecule has 2 aromatic rings. The van der Waals surface area contributed by atoms with Crippen LogP contribution in [0.4, 0.5) is 10.5 Å². The Bertz CT molecular complexity index is 714. The van der Waals surface area contributed by atoms with Crippen LogP contribution in [0.15, 0.2) is 54.6 Å². The van der Waals surface area contributed by atoms with Crippen molar-refractivity contribution in [3.63, 3.8) is 0 Å². The second-order valence-electron chi connectivity index (χ2n) is 6.16. The van der Waals surface area contributed by atoms with Gasteiger partial charge in [-0.3, -0.25) is 4.79 Å². The van der Waals surface area contributed by atoms with Gasteiger partial charge in [0.15, 0.2) is 0 Å². The molecule has 25 heavy (non-hydrogen) atoms. The van der Waals surface area contributed by atoms with Crippen molar-refractivity contribution in [1.29, 1.82) is 0 Å². The lowest BCUT2D eigenvalue weighted by Gasteiger charge is -2.17. The van der Waals surface area contributed by atoms with Crippen LogP contribution in [0.3, 0.4) is 0 Å². The average molecular weight is 340 g/mol. The maximum atomic E-state index is 12.3. The summed E-state index contributed by atoms with van der Waals surface area (Å²) in [6, 6.07) is 16.3. The van der Waals surface area contributed by atoms with Gasteiger partial charge in [0.1, 0.15) is 12.6 Å². The quantitative estimate of drug-likeness (QED) is 0.833. The molecule has 0 spiro atoms. The molecule has 0 saturated heterocycles. The van der Waals surface area contributed by atoms with Gasteiger partial charge in [-0.05, 0) is 30.0 Å². The lowest BCUT2D eigenvalue weighted by molar-refractivity contribution is -0.117. The van der Waals surface area contributed by atoms with Crippen molar-refractivity contribution in [3.8, 4) is 0 Å². The SMILES string of the molecule is CC(C)c1ccccc1NC(=O)[C@H](C)NC(=O)OCc1ccccc1. The number of rotatable bonds is 6. The van der Waals surface area contributed by atoms with E-state index in [1.807, 2.05) is 54.6 Å². The number of hydrogen-bond acceptors (Lipinski definition) is 3. The summed E-state index contributed by atoms with van der Waals surface area (Å²) in [4.78, 5) is 24.2. The van der Waals surface area contributed by atoms with Gasteiger partial charge >= 0.3 is 6.09 Å². The predicted octanol–water partition coefficient (Wildman–Crippen LogP) is 4.06. The third-order valence-electron chi connectivity index (χ3n) is 3.78. The van der Waals surface area contributed by atoms with Gasteiger partial charge in [0, 0.05) is 5.69 Å². The third-order valence-corrected chi connectivity index (χ3v) is 3.78. The first-order valence-electron chi connectivity index (χ1n) is 8.34. The fourth-order valence-electron chi connectivity index (χ4n) is 2.36. The van der Waals surface area contributed by atoms with E-state index in [2.05, 4.69) is 24.5 Å². The number of hydrogen-bond donors (Lipinski definition) is 2. The van der Waals surface area contributed by atoms with Crippen LogP contribution in [0, 0.1) is 0 Å². The fraction of sp³-hybridized carbons (Fsp3) is 0.300. The van der Waals surface area contributed by atoms with Gasteiger partial charge in [-0.2, -0.15) is 0 Å². The highest BCUT2D eigenvalue weighted by atomic mass is 16.5. The van der Waals surface area contributed by atoms with Gasteiger partial charge in [-0.25, -0.2) is 4.79 Å². The van der Waals surface area contributed by atoms with Crippen LogP contribution in [0.1, 0.15) is 37.8 Å². The van der Waals surface area contributed by atoms with E-state index >= 15 is 0 Å². The van der Waals surface area contributed by atoms with E-state index in [9.17, 15) is 9.59 Å². The van der Waals surface area contributed by atoms with Crippen LogP contribution in [-0.2, 0) is 16.1 Å². The Kier molecular flexibility index (Phi) is 6.57. The van der Waals surface area contributed by atoms with E-state index in [0.717, 1.165) is 16.8 Å². The Labute approximate surface area is 148 Å². The van der Waals surface area contributed by atoms with Crippen LogP contribution < -0.4 is 10.6 Å². The number of para-hydroxylation sites is 1. The molecule has 0 aliphatic carbocycles. The number of carbonyl (C=O) groups is 2. The second kappa shape index (κ2) is 8.87. The monoisotopic (exact) mass is 340 g/mol. The van der Waals surface area contributed by atoms with E-state index < -0.39 is 12.1 Å². The average Bonchev–Trinajstić information content (AvgIpc) is 2.61. The molecule has 0 radical (unpaired) electrons. The van der Waals surface area contributed by atoms with Crippen molar-refractivity contribution in [2.45, 2.75) is 39.3 Å². The van der Waals surface area contributed by atoms with Crippen molar-refractivity contribution in [2.75, 3.05) is 5.32 Å². The summed E-state index contributed by atoms with van der Waals surface area (Å²) in [5, 5.41) is 5.41. The number of alkyl carbamates (subject to hydrolysis) is 1. The zero-order chi connectivity index (χ0) is 18.2. The highest BCUT2D eigenvalue weighted by Gasteiger charge is 2.18. The van der Waals surface area contributed by atoms with Gasteiger partial charge in [0.2, 0.25) is 5.91 Å². The Morgan fingerprint density at radius 1 is 0.960 bits per heavy atom. The van der Waals surface area contributed by atoms with E-state index in [1.165, 1.54) is 0 Å². The molecule has 0 saturated carbocycles. The van der Waals surface area contributed by atoms with E-state index in [0.29, 0.717) is 0 Å². The number of carbonyl (C=O) groups excluding carboxylic acids is 2. The van der Waals surface area contributed by atoms with E-state index in [4.69, 9.17) is 4.74 Å². The normalized spacial score (nSPS) is 11.7. The second-order valence-corrected chi connectivity index (χ2v) is 6.16. The molecule has 0 aliphatic heterocycles. The molecule has 2 N–H and O–H groups in total. The first-order valence-corrected chi connectivity index (χ1v) is 8.34. The molecule has 5 heteroatoms. The predicted molar refractivity (Wildman–Crippen MR) is 98.4 cm³/mol. The minimum atomic E-state index is -0.705. The zero-order valence-corrected chi connectivity index (χ0v) is 14.8. The standard InChI is InChI=1S/C20H24N2O3/c1-14(2)17-11-7-8-12-18(17)22-19(23)15(3)21-20(24)25-13-16-9-5-4-6-10-16/h4-12,14-15H,13H2,1-3H3,(H,21,24)(H,22,23)/t15-/m0/s1. The first kappa shape index (κ1) is 18.5. The minimum absolute atomic E-state index is 0.164. The van der Waals surface area contributed by atoms with Gasteiger partial charge < -0.3 is 15.4 Å². The van der Waals surface area contributed by atoms with Crippen LogP contribution in [0.5, 0.6) is 0 Å². The molecular formula is C20H24N2O3.